The number of aliphatic hydroxyl groups excluding tert-OH is 1. The molecule has 0 fully saturated rings. The number of ketones is 1. The molecule has 0 aliphatic rings. The standard InChI is InChI=1S/C7H12O3.CH2Cl2.CH4O/c1-3-10-7(9)5-4-6(2)8;2-1-3;1-2/h3-5H2,1-2H3;1H2;2H,1H3. The number of aliphatic hydroxyl groups is 1. The molecular formula is C9H18Cl2O4. The van der Waals surface area contributed by atoms with E-state index >= 15 is 0 Å². The number of esters is 1. The monoisotopic (exact) mass is 260 g/mol. The van der Waals surface area contributed by atoms with E-state index in [1.165, 1.54) is 6.92 Å². The lowest BCUT2D eigenvalue weighted by atomic mass is 10.2. The quantitative estimate of drug-likeness (QED) is 0.620. The van der Waals surface area contributed by atoms with Crippen molar-refractivity contribution in [1.82, 2.24) is 0 Å². The van der Waals surface area contributed by atoms with Gasteiger partial charge in [0.1, 0.15) is 5.78 Å². The summed E-state index contributed by atoms with van der Waals surface area (Å²) in [6.45, 7) is 3.58. The molecular weight excluding hydrogens is 243 g/mol. The molecule has 0 radical (unpaired) electrons. The Balaban J connectivity index is -0.000000245. The van der Waals surface area contributed by atoms with E-state index in [-0.39, 0.29) is 23.5 Å². The zero-order chi connectivity index (χ0) is 12.7. The van der Waals surface area contributed by atoms with Crippen molar-refractivity contribution in [1.29, 1.82) is 0 Å². The zero-order valence-electron chi connectivity index (χ0n) is 9.26. The van der Waals surface area contributed by atoms with E-state index in [9.17, 15) is 9.59 Å². The van der Waals surface area contributed by atoms with Crippen molar-refractivity contribution in [2.45, 2.75) is 26.7 Å². The second-order valence-corrected chi connectivity index (χ2v) is 2.92. The predicted octanol–water partition coefficient (Wildman–Crippen LogP) is 1.95. The lowest BCUT2D eigenvalue weighted by Gasteiger charge is -1.97. The molecule has 0 saturated heterocycles. The van der Waals surface area contributed by atoms with E-state index < -0.39 is 0 Å². The molecule has 0 aromatic rings. The Morgan fingerprint density at radius 3 is 1.87 bits per heavy atom. The maximum Gasteiger partial charge on any atom is 0.306 e. The summed E-state index contributed by atoms with van der Waals surface area (Å²) in [6, 6.07) is 0. The van der Waals surface area contributed by atoms with Gasteiger partial charge in [-0.05, 0) is 13.8 Å². The molecule has 0 aliphatic heterocycles. The van der Waals surface area contributed by atoms with Gasteiger partial charge in [0.05, 0.1) is 18.4 Å². The highest BCUT2D eigenvalue weighted by atomic mass is 35.5. The van der Waals surface area contributed by atoms with Crippen LogP contribution in [-0.4, -0.2) is 35.9 Å². The molecule has 6 heteroatoms. The van der Waals surface area contributed by atoms with Gasteiger partial charge < -0.3 is 14.6 Å². The topological polar surface area (TPSA) is 63.6 Å². The minimum atomic E-state index is -0.294. The lowest BCUT2D eigenvalue weighted by molar-refractivity contribution is -0.144. The smallest absolute Gasteiger partial charge is 0.306 e. The molecule has 0 rings (SSSR count). The van der Waals surface area contributed by atoms with E-state index in [0.29, 0.717) is 13.0 Å². The largest absolute Gasteiger partial charge is 0.466 e. The minimum Gasteiger partial charge on any atom is -0.466 e. The van der Waals surface area contributed by atoms with Crippen LogP contribution in [0.3, 0.4) is 0 Å². The van der Waals surface area contributed by atoms with Gasteiger partial charge in [-0.3, -0.25) is 4.79 Å². The number of halogens is 2. The van der Waals surface area contributed by atoms with Crippen LogP contribution in [0.25, 0.3) is 0 Å². The minimum absolute atomic E-state index is 0.0213. The van der Waals surface area contributed by atoms with Crippen LogP contribution < -0.4 is 0 Å². The Morgan fingerprint density at radius 2 is 1.60 bits per heavy atom. The van der Waals surface area contributed by atoms with Crippen LogP contribution in [0.4, 0.5) is 0 Å². The van der Waals surface area contributed by atoms with Crippen molar-refractivity contribution in [3.63, 3.8) is 0 Å². The Morgan fingerprint density at radius 1 is 1.20 bits per heavy atom. The van der Waals surface area contributed by atoms with E-state index in [1.54, 1.807) is 6.92 Å². The van der Waals surface area contributed by atoms with E-state index in [4.69, 9.17) is 28.3 Å². The van der Waals surface area contributed by atoms with E-state index in [2.05, 4.69) is 4.74 Å². The molecule has 4 nitrogen and oxygen atoms in total. The summed E-state index contributed by atoms with van der Waals surface area (Å²) in [5, 5.41) is 7.19. The SMILES string of the molecule is CCOC(=O)CCC(C)=O.CO.ClCCl. The Hall–Kier alpha value is -0.320. The molecule has 0 saturated carbocycles. The molecule has 0 aromatic heterocycles. The molecule has 0 spiro atoms. The fraction of sp³-hybridized carbons (Fsp3) is 0.778. The number of alkyl halides is 2. The summed E-state index contributed by atoms with van der Waals surface area (Å²) in [4.78, 5) is 20.9. The summed E-state index contributed by atoms with van der Waals surface area (Å²) in [6.07, 6.45) is 0.502. The second-order valence-electron chi connectivity index (χ2n) is 2.11. The predicted molar refractivity (Wildman–Crippen MR) is 61.3 cm³/mol. The average molecular weight is 261 g/mol. The van der Waals surface area contributed by atoms with Gasteiger partial charge in [0.2, 0.25) is 0 Å². The third-order valence-corrected chi connectivity index (χ3v) is 0.987. The van der Waals surface area contributed by atoms with Crippen LogP contribution >= 0.6 is 23.2 Å². The van der Waals surface area contributed by atoms with Gasteiger partial charge in [-0.1, -0.05) is 0 Å². The lowest BCUT2D eigenvalue weighted by Crippen LogP contribution is -2.05. The van der Waals surface area contributed by atoms with E-state index in [1.807, 2.05) is 0 Å². The molecule has 0 amide bonds. The molecule has 0 aromatic carbocycles. The highest BCUT2D eigenvalue weighted by Crippen LogP contribution is 1.92. The number of ether oxygens (including phenoxy) is 1. The van der Waals surface area contributed by atoms with E-state index in [0.717, 1.165) is 7.11 Å². The fourth-order valence-electron chi connectivity index (χ4n) is 0.511. The van der Waals surface area contributed by atoms with Crippen molar-refractivity contribution in [3.05, 3.63) is 0 Å². The van der Waals surface area contributed by atoms with Crippen LogP contribution in [0.1, 0.15) is 26.7 Å². The van der Waals surface area contributed by atoms with Crippen molar-refractivity contribution in [3.8, 4) is 0 Å². The second kappa shape index (κ2) is 19.3. The molecule has 0 unspecified atom stereocenters. The average Bonchev–Trinajstić information content (AvgIpc) is 2.20. The summed E-state index contributed by atoms with van der Waals surface area (Å²) in [5.74, 6) is -0.272. The number of hydrogen-bond acceptors (Lipinski definition) is 4. The van der Waals surface area contributed by atoms with Gasteiger partial charge in [0, 0.05) is 13.5 Å². The van der Waals surface area contributed by atoms with Crippen LogP contribution in [-0.2, 0) is 14.3 Å². The molecule has 0 atom stereocenters. The van der Waals surface area contributed by atoms with Gasteiger partial charge in [0.15, 0.2) is 0 Å². The van der Waals surface area contributed by atoms with Crippen molar-refractivity contribution < 1.29 is 19.4 Å². The summed E-state index contributed by atoms with van der Waals surface area (Å²) in [5.41, 5.74) is 0. The van der Waals surface area contributed by atoms with Gasteiger partial charge in [-0.15, -0.1) is 23.2 Å². The third-order valence-electron chi connectivity index (χ3n) is 0.987. The van der Waals surface area contributed by atoms with Gasteiger partial charge >= 0.3 is 5.97 Å². The molecule has 0 heterocycles. The van der Waals surface area contributed by atoms with Gasteiger partial charge in [0.25, 0.3) is 0 Å². The first-order chi connectivity index (χ1) is 7.08. The number of Topliss-reactive ketones (excluding diaryl/α,β-unsaturated/α-hetero) is 1. The third kappa shape index (κ3) is 31.6. The molecule has 1 N–H and O–H groups in total. The van der Waals surface area contributed by atoms with Crippen LogP contribution in [0, 0.1) is 0 Å². The molecule has 92 valence electrons. The Kier molecular flexibility index (Phi) is 25.9. The van der Waals surface area contributed by atoms with Crippen LogP contribution in [0.5, 0.6) is 0 Å². The highest BCUT2D eigenvalue weighted by Gasteiger charge is 2.02. The van der Waals surface area contributed by atoms with Gasteiger partial charge in [-0.2, -0.15) is 0 Å². The van der Waals surface area contributed by atoms with Crippen molar-refractivity contribution in [2.75, 3.05) is 19.1 Å². The number of rotatable bonds is 4. The number of hydrogen-bond donors (Lipinski definition) is 1. The first-order valence-electron chi connectivity index (χ1n) is 4.30. The van der Waals surface area contributed by atoms with Crippen molar-refractivity contribution >= 4 is 35.0 Å². The Labute approximate surface area is 101 Å². The number of carbonyl (C=O) groups is 2. The molecule has 0 bridgehead atoms. The molecule has 15 heavy (non-hydrogen) atoms. The van der Waals surface area contributed by atoms with Crippen LogP contribution in [0.2, 0.25) is 0 Å². The summed E-state index contributed by atoms with van der Waals surface area (Å²) in [7, 11) is 1.00. The van der Waals surface area contributed by atoms with Crippen LogP contribution in [0.15, 0.2) is 0 Å². The number of carbonyl (C=O) groups excluding carboxylic acids is 2. The first kappa shape index (κ1) is 20.1. The maximum absolute atomic E-state index is 10.6. The maximum atomic E-state index is 10.6. The normalized spacial score (nSPS) is 7.60. The summed E-state index contributed by atoms with van der Waals surface area (Å²) >= 11 is 9.53. The highest BCUT2D eigenvalue weighted by molar-refractivity contribution is 6.40. The zero-order valence-corrected chi connectivity index (χ0v) is 10.8. The molecule has 0 aliphatic carbocycles. The van der Waals surface area contributed by atoms with Crippen molar-refractivity contribution in [2.24, 2.45) is 0 Å². The fourth-order valence-corrected chi connectivity index (χ4v) is 0.511. The first-order valence-corrected chi connectivity index (χ1v) is 5.37. The van der Waals surface area contributed by atoms with Gasteiger partial charge in [-0.25, -0.2) is 0 Å². The Bertz CT molecular complexity index is 151. The summed E-state index contributed by atoms with van der Waals surface area (Å²) < 4.78 is 4.60.